The van der Waals surface area contributed by atoms with Crippen LogP contribution in [-0.2, 0) is 6.61 Å². The highest BCUT2D eigenvalue weighted by molar-refractivity contribution is 9.10. The lowest BCUT2D eigenvalue weighted by Gasteiger charge is -2.11. The lowest BCUT2D eigenvalue weighted by molar-refractivity contribution is 0.274. The Bertz CT molecular complexity index is 573. The first-order valence-corrected chi connectivity index (χ1v) is 6.27. The molecule has 0 aliphatic carbocycles. The van der Waals surface area contributed by atoms with E-state index >= 15 is 0 Å². The van der Waals surface area contributed by atoms with E-state index in [1.165, 1.54) is 0 Å². The van der Waals surface area contributed by atoms with Crippen LogP contribution in [0.1, 0.15) is 17.0 Å². The molecule has 0 saturated heterocycles. The van der Waals surface area contributed by atoms with E-state index in [0.717, 1.165) is 10.0 Å². The minimum absolute atomic E-state index is 0.148. The average molecular weight is 309 g/mol. The second-order valence-corrected chi connectivity index (χ2v) is 4.83. The van der Waals surface area contributed by atoms with E-state index in [2.05, 4.69) is 25.9 Å². The molecule has 0 spiro atoms. The molecular weight excluding hydrogens is 296 g/mol. The van der Waals surface area contributed by atoms with Crippen LogP contribution in [0.25, 0.3) is 0 Å². The summed E-state index contributed by atoms with van der Waals surface area (Å²) in [6, 6.07) is 5.72. The molecule has 2 rings (SSSR count). The largest absolute Gasteiger partial charge is 0.438 e. The van der Waals surface area contributed by atoms with E-state index < -0.39 is 0 Å². The normalized spacial score (nSPS) is 10.4. The van der Waals surface area contributed by atoms with Gasteiger partial charge >= 0.3 is 0 Å². The van der Waals surface area contributed by atoms with Gasteiger partial charge in [0, 0.05) is 10.7 Å². The summed E-state index contributed by atoms with van der Waals surface area (Å²) in [5, 5.41) is 9.23. The minimum Gasteiger partial charge on any atom is -0.438 e. The Hall–Kier alpha value is -1.46. The summed E-state index contributed by atoms with van der Waals surface area (Å²) >= 11 is 3.40. The van der Waals surface area contributed by atoms with Crippen molar-refractivity contribution in [1.82, 2.24) is 9.97 Å². The molecule has 0 fully saturated rings. The third kappa shape index (κ3) is 2.86. The molecule has 1 aromatic heterocycles. The van der Waals surface area contributed by atoms with Crippen molar-refractivity contribution in [2.45, 2.75) is 20.5 Å². The molecule has 0 bridgehead atoms. The predicted octanol–water partition coefficient (Wildman–Crippen LogP) is 3.14. The Morgan fingerprint density at radius 3 is 2.78 bits per heavy atom. The summed E-state index contributed by atoms with van der Waals surface area (Å²) in [6.45, 7) is 3.58. The van der Waals surface area contributed by atoms with Crippen LogP contribution in [0.15, 0.2) is 28.9 Å². The number of hydrogen-bond acceptors (Lipinski definition) is 4. The number of aliphatic hydroxyl groups excluding tert-OH is 1. The Balaban J connectivity index is 2.36. The van der Waals surface area contributed by atoms with Crippen molar-refractivity contribution in [3.8, 4) is 11.6 Å². The molecule has 1 N–H and O–H groups in total. The molecule has 0 unspecified atom stereocenters. The maximum Gasteiger partial charge on any atom is 0.228 e. The van der Waals surface area contributed by atoms with Crippen molar-refractivity contribution in [3.05, 3.63) is 45.8 Å². The number of aliphatic hydroxyl groups is 1. The highest BCUT2D eigenvalue weighted by Gasteiger charge is 2.09. The van der Waals surface area contributed by atoms with Crippen LogP contribution >= 0.6 is 15.9 Å². The summed E-state index contributed by atoms with van der Waals surface area (Å²) < 4.78 is 6.73. The zero-order valence-electron chi connectivity index (χ0n) is 10.1. The summed E-state index contributed by atoms with van der Waals surface area (Å²) in [5.74, 6) is 1.72. The van der Waals surface area contributed by atoms with Crippen molar-refractivity contribution < 1.29 is 9.84 Å². The fourth-order valence-electron chi connectivity index (χ4n) is 1.50. The molecule has 0 aliphatic heterocycles. The average Bonchev–Trinajstić information content (AvgIpc) is 2.33. The number of aromatic nitrogens is 2. The molecule has 1 aromatic carbocycles. The molecule has 1 heterocycles. The van der Waals surface area contributed by atoms with E-state index in [9.17, 15) is 5.11 Å². The Morgan fingerprint density at radius 2 is 2.11 bits per heavy atom. The molecular formula is C13H13BrN2O2. The SMILES string of the molecule is Cc1ncc(CO)c(Oc2ccc(Br)cc2C)n1. The summed E-state index contributed by atoms with van der Waals surface area (Å²) in [6.07, 6.45) is 1.58. The van der Waals surface area contributed by atoms with Crippen molar-refractivity contribution in [1.29, 1.82) is 0 Å². The standard InChI is InChI=1S/C13H13BrN2O2/c1-8-5-11(14)3-4-12(8)18-13-10(7-17)6-15-9(2)16-13/h3-6,17H,7H2,1-2H3. The molecule has 0 radical (unpaired) electrons. The van der Waals surface area contributed by atoms with Gasteiger partial charge in [-0.25, -0.2) is 4.98 Å². The number of ether oxygens (including phenoxy) is 1. The van der Waals surface area contributed by atoms with E-state index in [0.29, 0.717) is 23.0 Å². The molecule has 0 amide bonds. The monoisotopic (exact) mass is 308 g/mol. The highest BCUT2D eigenvalue weighted by atomic mass is 79.9. The van der Waals surface area contributed by atoms with Gasteiger partial charge in [0.1, 0.15) is 11.6 Å². The molecule has 0 aliphatic rings. The van der Waals surface area contributed by atoms with Crippen molar-refractivity contribution in [2.75, 3.05) is 0 Å². The van der Waals surface area contributed by atoms with Gasteiger partial charge in [-0.2, -0.15) is 4.98 Å². The minimum atomic E-state index is -0.148. The van der Waals surface area contributed by atoms with Gasteiger partial charge in [-0.05, 0) is 37.6 Å². The maximum atomic E-state index is 9.23. The molecule has 0 saturated carbocycles. The van der Waals surface area contributed by atoms with E-state index in [1.54, 1.807) is 13.1 Å². The van der Waals surface area contributed by atoms with E-state index in [4.69, 9.17) is 4.74 Å². The van der Waals surface area contributed by atoms with Crippen LogP contribution in [0.3, 0.4) is 0 Å². The number of aryl methyl sites for hydroxylation is 2. The number of rotatable bonds is 3. The van der Waals surface area contributed by atoms with Gasteiger partial charge in [-0.3, -0.25) is 0 Å². The maximum absolute atomic E-state index is 9.23. The van der Waals surface area contributed by atoms with Gasteiger partial charge in [-0.1, -0.05) is 15.9 Å². The smallest absolute Gasteiger partial charge is 0.228 e. The highest BCUT2D eigenvalue weighted by Crippen LogP contribution is 2.28. The first-order chi connectivity index (χ1) is 8.60. The lowest BCUT2D eigenvalue weighted by atomic mass is 10.2. The molecule has 5 heteroatoms. The molecule has 2 aromatic rings. The number of nitrogens with zero attached hydrogens (tertiary/aromatic N) is 2. The van der Waals surface area contributed by atoms with E-state index in [-0.39, 0.29) is 6.61 Å². The van der Waals surface area contributed by atoms with Gasteiger partial charge in [0.15, 0.2) is 0 Å². The van der Waals surface area contributed by atoms with Crippen LogP contribution in [0.5, 0.6) is 11.6 Å². The van der Waals surface area contributed by atoms with Gasteiger partial charge < -0.3 is 9.84 Å². The Kier molecular flexibility index (Phi) is 3.93. The van der Waals surface area contributed by atoms with Crippen molar-refractivity contribution in [3.63, 3.8) is 0 Å². The summed E-state index contributed by atoms with van der Waals surface area (Å²) in [5.41, 5.74) is 1.56. The third-order valence-corrected chi connectivity index (χ3v) is 2.95. The third-order valence-electron chi connectivity index (χ3n) is 2.46. The van der Waals surface area contributed by atoms with Crippen LogP contribution in [0.2, 0.25) is 0 Å². The van der Waals surface area contributed by atoms with Crippen LogP contribution in [0.4, 0.5) is 0 Å². The second kappa shape index (κ2) is 5.46. The second-order valence-electron chi connectivity index (χ2n) is 3.92. The van der Waals surface area contributed by atoms with Gasteiger partial charge in [-0.15, -0.1) is 0 Å². The summed E-state index contributed by atoms with van der Waals surface area (Å²) in [7, 11) is 0. The molecule has 94 valence electrons. The fourth-order valence-corrected chi connectivity index (χ4v) is 1.98. The Morgan fingerprint density at radius 1 is 1.33 bits per heavy atom. The van der Waals surface area contributed by atoms with E-state index in [1.807, 2.05) is 25.1 Å². The first kappa shape index (κ1) is 13.0. The van der Waals surface area contributed by atoms with Gasteiger partial charge in [0.2, 0.25) is 5.88 Å². The van der Waals surface area contributed by atoms with Crippen LogP contribution in [-0.4, -0.2) is 15.1 Å². The molecule has 18 heavy (non-hydrogen) atoms. The van der Waals surface area contributed by atoms with Crippen molar-refractivity contribution >= 4 is 15.9 Å². The van der Waals surface area contributed by atoms with Crippen molar-refractivity contribution in [2.24, 2.45) is 0 Å². The number of halogens is 1. The zero-order valence-corrected chi connectivity index (χ0v) is 11.7. The number of hydrogen-bond donors (Lipinski definition) is 1. The van der Waals surface area contributed by atoms with Gasteiger partial charge in [0.25, 0.3) is 0 Å². The molecule has 4 nitrogen and oxygen atoms in total. The topological polar surface area (TPSA) is 55.2 Å². The first-order valence-electron chi connectivity index (χ1n) is 5.47. The fraction of sp³-hybridized carbons (Fsp3) is 0.231. The Labute approximate surface area is 114 Å². The predicted molar refractivity (Wildman–Crippen MR) is 71.6 cm³/mol. The summed E-state index contributed by atoms with van der Waals surface area (Å²) in [4.78, 5) is 8.23. The number of benzene rings is 1. The van der Waals surface area contributed by atoms with Crippen LogP contribution < -0.4 is 4.74 Å². The zero-order chi connectivity index (χ0) is 13.1. The van der Waals surface area contributed by atoms with Gasteiger partial charge in [0.05, 0.1) is 12.2 Å². The van der Waals surface area contributed by atoms with Crippen LogP contribution in [0, 0.1) is 13.8 Å². The quantitative estimate of drug-likeness (QED) is 0.946. The lowest BCUT2D eigenvalue weighted by Crippen LogP contribution is -1.99. The molecule has 0 atom stereocenters.